The van der Waals surface area contributed by atoms with E-state index in [9.17, 15) is 0 Å². The molecule has 0 saturated heterocycles. The summed E-state index contributed by atoms with van der Waals surface area (Å²) in [4.78, 5) is 6.52. The zero-order valence-electron chi connectivity index (χ0n) is 22.6. The van der Waals surface area contributed by atoms with Crippen LogP contribution in [-0.4, -0.2) is 9.55 Å². The van der Waals surface area contributed by atoms with Crippen LogP contribution in [0.25, 0.3) is 66.0 Å². The molecule has 2 aliphatic carbocycles. The lowest BCUT2D eigenvalue weighted by molar-refractivity contribution is 0.770. The average molecular weight is 543 g/mol. The summed E-state index contributed by atoms with van der Waals surface area (Å²) in [5.41, 5.74) is 14.0. The Hall–Kier alpha value is -4.73. The predicted molar refractivity (Wildman–Crippen MR) is 173 cm³/mol. The molecule has 7 aromatic rings. The summed E-state index contributed by atoms with van der Waals surface area (Å²) in [5, 5.41) is 3.64. The fraction of sp³-hybridized carbons (Fsp3) is 0.0789. The molecule has 3 heteroatoms. The van der Waals surface area contributed by atoms with Gasteiger partial charge in [0.2, 0.25) is 0 Å². The molecule has 0 bridgehead atoms. The van der Waals surface area contributed by atoms with Crippen molar-refractivity contribution in [2.24, 2.45) is 0 Å². The van der Waals surface area contributed by atoms with Crippen LogP contribution in [0.3, 0.4) is 0 Å². The van der Waals surface area contributed by atoms with Crippen LogP contribution in [-0.2, 0) is 0 Å². The zero-order valence-corrected chi connectivity index (χ0v) is 23.5. The number of rotatable bonds is 3. The minimum Gasteiger partial charge on any atom is -0.309 e. The van der Waals surface area contributed by atoms with Crippen molar-refractivity contribution in [1.82, 2.24) is 9.55 Å². The quantitative estimate of drug-likeness (QED) is 0.217. The van der Waals surface area contributed by atoms with Crippen LogP contribution in [0.4, 0.5) is 0 Å². The molecule has 194 valence electrons. The van der Waals surface area contributed by atoms with Crippen LogP contribution in [0.15, 0.2) is 121 Å². The number of fused-ring (bicyclic) bond motifs is 6. The van der Waals surface area contributed by atoms with Gasteiger partial charge in [0.25, 0.3) is 0 Å². The molecule has 1 atom stereocenters. The third-order valence-corrected chi connectivity index (χ3v) is 9.99. The molecule has 0 N–H and O–H groups in total. The highest BCUT2D eigenvalue weighted by atomic mass is 32.1. The lowest BCUT2D eigenvalue weighted by Gasteiger charge is -2.20. The molecule has 1 unspecified atom stereocenters. The molecule has 9 rings (SSSR count). The number of hydrogen-bond acceptors (Lipinski definition) is 2. The molecule has 0 saturated carbocycles. The summed E-state index contributed by atoms with van der Waals surface area (Å²) >= 11 is 1.83. The minimum atomic E-state index is 0.570. The van der Waals surface area contributed by atoms with Crippen LogP contribution < -0.4 is 0 Å². The van der Waals surface area contributed by atoms with E-state index < -0.39 is 0 Å². The van der Waals surface area contributed by atoms with Gasteiger partial charge in [0.1, 0.15) is 5.01 Å². The van der Waals surface area contributed by atoms with Gasteiger partial charge in [0.05, 0.1) is 21.6 Å². The fourth-order valence-electron chi connectivity index (χ4n) is 6.83. The van der Waals surface area contributed by atoms with Crippen molar-refractivity contribution in [3.63, 3.8) is 0 Å². The van der Waals surface area contributed by atoms with Gasteiger partial charge in [-0.3, -0.25) is 0 Å². The first kappa shape index (κ1) is 23.0. The Morgan fingerprint density at radius 3 is 2.37 bits per heavy atom. The Morgan fingerprint density at radius 2 is 1.49 bits per heavy atom. The number of aromatic nitrogens is 2. The van der Waals surface area contributed by atoms with Crippen molar-refractivity contribution in [3.05, 3.63) is 137 Å². The number of allylic oxidation sites excluding steroid dienone is 1. The van der Waals surface area contributed by atoms with E-state index in [1.54, 1.807) is 0 Å². The summed E-state index contributed by atoms with van der Waals surface area (Å²) in [6.07, 6.45) is 3.53. The van der Waals surface area contributed by atoms with Gasteiger partial charge in [-0.05, 0) is 82.6 Å². The van der Waals surface area contributed by atoms with Crippen LogP contribution >= 0.6 is 11.3 Å². The van der Waals surface area contributed by atoms with E-state index >= 15 is 0 Å². The highest BCUT2D eigenvalue weighted by Gasteiger charge is 2.33. The standard InChI is InChI=1S/C38H26N2S/c1-23-14-20-31-35-28(23)11-7-12-30(35)36-37(31)41-38(39-36)25-15-18-27(19-16-25)40-33-13-6-5-10-29(33)32-22-26(17-21-34(32)40)24-8-3-2-4-9-24/h2-13,15-23H,14H2,1H3. The molecule has 41 heavy (non-hydrogen) atoms. The summed E-state index contributed by atoms with van der Waals surface area (Å²) in [6, 6.07) is 41.9. The van der Waals surface area contributed by atoms with E-state index in [-0.39, 0.29) is 0 Å². The number of nitrogens with zero attached hydrogens (tertiary/aromatic N) is 2. The van der Waals surface area contributed by atoms with Gasteiger partial charge >= 0.3 is 0 Å². The molecule has 0 spiro atoms. The van der Waals surface area contributed by atoms with Crippen molar-refractivity contribution in [3.8, 4) is 38.6 Å². The largest absolute Gasteiger partial charge is 0.309 e. The van der Waals surface area contributed by atoms with Crippen molar-refractivity contribution in [2.75, 3.05) is 0 Å². The third kappa shape index (κ3) is 3.33. The molecule has 2 aromatic heterocycles. The van der Waals surface area contributed by atoms with Crippen LogP contribution in [0.5, 0.6) is 0 Å². The molecule has 0 aliphatic heterocycles. The van der Waals surface area contributed by atoms with Gasteiger partial charge in [-0.25, -0.2) is 4.98 Å². The first-order valence-corrected chi connectivity index (χ1v) is 15.1. The van der Waals surface area contributed by atoms with E-state index in [0.29, 0.717) is 5.92 Å². The zero-order chi connectivity index (χ0) is 27.1. The Labute approximate surface area is 242 Å². The monoisotopic (exact) mass is 542 g/mol. The number of para-hydroxylation sites is 1. The second-order valence-electron chi connectivity index (χ2n) is 11.2. The molecule has 0 fully saturated rings. The lowest BCUT2D eigenvalue weighted by Crippen LogP contribution is -2.02. The van der Waals surface area contributed by atoms with Crippen LogP contribution in [0.2, 0.25) is 0 Å². The normalized spacial score (nSPS) is 15.2. The lowest BCUT2D eigenvalue weighted by atomic mass is 9.84. The van der Waals surface area contributed by atoms with E-state index in [4.69, 9.17) is 4.98 Å². The predicted octanol–water partition coefficient (Wildman–Crippen LogP) is 10.5. The second-order valence-corrected chi connectivity index (χ2v) is 12.2. The van der Waals surface area contributed by atoms with Gasteiger partial charge in [-0.2, -0.15) is 0 Å². The number of benzene rings is 5. The highest BCUT2D eigenvalue weighted by Crippen LogP contribution is 2.53. The number of hydrogen-bond donors (Lipinski definition) is 0. The van der Waals surface area contributed by atoms with E-state index in [1.807, 2.05) is 11.3 Å². The van der Waals surface area contributed by atoms with Crippen molar-refractivity contribution in [2.45, 2.75) is 19.3 Å². The van der Waals surface area contributed by atoms with E-state index in [0.717, 1.165) is 22.8 Å². The molecule has 0 radical (unpaired) electrons. The average Bonchev–Trinajstić information content (AvgIpc) is 3.69. The molecule has 0 amide bonds. The highest BCUT2D eigenvalue weighted by molar-refractivity contribution is 7.16. The molecule has 2 heterocycles. The first-order chi connectivity index (χ1) is 20.2. The van der Waals surface area contributed by atoms with Gasteiger partial charge in [-0.15, -0.1) is 11.3 Å². The fourth-order valence-corrected chi connectivity index (χ4v) is 7.96. The van der Waals surface area contributed by atoms with Gasteiger partial charge < -0.3 is 4.57 Å². The van der Waals surface area contributed by atoms with Crippen LogP contribution in [0, 0.1) is 0 Å². The minimum absolute atomic E-state index is 0.570. The third-order valence-electron chi connectivity index (χ3n) is 8.85. The maximum Gasteiger partial charge on any atom is 0.124 e. The summed E-state index contributed by atoms with van der Waals surface area (Å²) in [5.74, 6) is 0.570. The second kappa shape index (κ2) is 8.63. The summed E-state index contributed by atoms with van der Waals surface area (Å²) < 4.78 is 2.39. The molecule has 5 aromatic carbocycles. The maximum absolute atomic E-state index is 5.20. The van der Waals surface area contributed by atoms with Crippen molar-refractivity contribution >= 4 is 38.7 Å². The number of thiazole rings is 1. The molecular formula is C38H26N2S. The molecular weight excluding hydrogens is 516 g/mol. The van der Waals surface area contributed by atoms with Crippen molar-refractivity contribution in [1.29, 1.82) is 0 Å². The first-order valence-electron chi connectivity index (χ1n) is 14.3. The Morgan fingerprint density at radius 1 is 0.707 bits per heavy atom. The Bertz CT molecular complexity index is 2180. The summed E-state index contributed by atoms with van der Waals surface area (Å²) in [6.45, 7) is 2.33. The van der Waals surface area contributed by atoms with Gasteiger partial charge in [0, 0.05) is 27.6 Å². The summed E-state index contributed by atoms with van der Waals surface area (Å²) in [7, 11) is 0. The van der Waals surface area contributed by atoms with E-state index in [2.05, 4.69) is 133 Å². The molecule has 2 nitrogen and oxygen atoms in total. The Kier molecular flexibility index (Phi) is 4.85. The van der Waals surface area contributed by atoms with E-state index in [1.165, 1.54) is 65.6 Å². The maximum atomic E-state index is 5.20. The van der Waals surface area contributed by atoms with Crippen LogP contribution in [0.1, 0.15) is 35.3 Å². The van der Waals surface area contributed by atoms with Gasteiger partial charge in [0.15, 0.2) is 0 Å². The van der Waals surface area contributed by atoms with Gasteiger partial charge in [-0.1, -0.05) is 85.8 Å². The SMILES string of the molecule is CC1CC=C2c3sc(-c4ccc(-n5c6ccccc6c6cc(-c7ccccc7)ccc65)cc4)nc3-c3cccc1c32. The smallest absolute Gasteiger partial charge is 0.124 e. The molecule has 2 aliphatic rings. The Balaban J connectivity index is 1.14. The van der Waals surface area contributed by atoms with Crippen molar-refractivity contribution < 1.29 is 0 Å². The topological polar surface area (TPSA) is 17.8 Å².